The number of rotatable bonds is 8. The summed E-state index contributed by atoms with van der Waals surface area (Å²) >= 11 is 0. The summed E-state index contributed by atoms with van der Waals surface area (Å²) in [5, 5.41) is 20.0. The van der Waals surface area contributed by atoms with Crippen LogP contribution in [0.3, 0.4) is 0 Å². The van der Waals surface area contributed by atoms with Crippen molar-refractivity contribution in [2.45, 2.75) is 58.0 Å². The molecule has 2 aliphatic carbocycles. The Labute approximate surface area is 198 Å². The summed E-state index contributed by atoms with van der Waals surface area (Å²) in [5.41, 5.74) is 2.89. The van der Waals surface area contributed by atoms with Crippen molar-refractivity contribution in [3.8, 4) is 5.75 Å². The van der Waals surface area contributed by atoms with Gasteiger partial charge in [-0.1, -0.05) is 30.4 Å². The summed E-state index contributed by atoms with van der Waals surface area (Å²) in [5.74, 6) is -1.17. The molecule has 0 aliphatic heterocycles. The third kappa shape index (κ3) is 4.28. The molecule has 34 heavy (non-hydrogen) atoms. The smallest absolute Gasteiger partial charge is 0.331 e. The maximum Gasteiger partial charge on any atom is 0.331 e. The molecule has 4 rings (SSSR count). The molecule has 0 amide bonds. The minimum Gasteiger partial charge on any atom is -0.489 e. The van der Waals surface area contributed by atoms with Crippen LogP contribution >= 0.6 is 0 Å². The number of benzene rings is 2. The topological polar surface area (TPSA) is 101 Å². The Morgan fingerprint density at radius 1 is 1.09 bits per heavy atom. The van der Waals surface area contributed by atoms with Gasteiger partial charge in [0.15, 0.2) is 5.78 Å². The highest BCUT2D eigenvalue weighted by atomic mass is 16.5. The number of hydrogen-bond donors (Lipinski definition) is 2. The van der Waals surface area contributed by atoms with Gasteiger partial charge in [0.1, 0.15) is 17.8 Å². The van der Waals surface area contributed by atoms with Crippen LogP contribution in [-0.4, -0.2) is 27.9 Å². The lowest BCUT2D eigenvalue weighted by Gasteiger charge is -2.32. The van der Waals surface area contributed by atoms with E-state index in [2.05, 4.69) is 0 Å². The van der Waals surface area contributed by atoms with Crippen LogP contribution in [-0.2, 0) is 21.6 Å². The Balaban J connectivity index is 1.72. The highest BCUT2D eigenvalue weighted by Gasteiger charge is 2.44. The first kappa shape index (κ1) is 23.5. The van der Waals surface area contributed by atoms with E-state index in [9.17, 15) is 24.6 Å². The molecule has 2 aliphatic rings. The molecule has 6 heteroatoms. The second-order valence-corrected chi connectivity index (χ2v) is 9.23. The van der Waals surface area contributed by atoms with Gasteiger partial charge in [-0.25, -0.2) is 4.79 Å². The van der Waals surface area contributed by atoms with Crippen molar-refractivity contribution >= 4 is 17.7 Å². The average molecular weight is 461 g/mol. The fraction of sp³-hybridized carbons (Fsp3) is 0.321. The standard InChI is InChI=1S/C28H28O6/c1-16-5-4-6-24(28(27(32)33)12-11-17(2)22(14-28)26(30)31)23(16)15-34-25-10-9-20(18(3)29)13-21(25)19-7-8-19/h4-6,9-13,19H,7-8,14-15H2,1-3H3,(H,30,31)(H,32,33). The molecule has 0 bridgehead atoms. The predicted octanol–water partition coefficient (Wildman–Crippen LogP) is 5.34. The molecule has 2 N–H and O–H groups in total. The summed E-state index contributed by atoms with van der Waals surface area (Å²) in [4.78, 5) is 36.3. The largest absolute Gasteiger partial charge is 0.489 e. The predicted molar refractivity (Wildman–Crippen MR) is 127 cm³/mol. The molecule has 2 aromatic rings. The van der Waals surface area contributed by atoms with Crippen molar-refractivity contribution in [3.05, 3.63) is 87.5 Å². The number of carboxylic acid groups (broad SMARTS) is 2. The first-order chi connectivity index (χ1) is 16.1. The monoisotopic (exact) mass is 460 g/mol. The number of allylic oxidation sites excluding steroid dienone is 2. The number of ketones is 1. The molecule has 1 fully saturated rings. The molecule has 0 spiro atoms. The van der Waals surface area contributed by atoms with Gasteiger partial charge in [0.2, 0.25) is 0 Å². The summed E-state index contributed by atoms with van der Waals surface area (Å²) < 4.78 is 6.24. The van der Waals surface area contributed by atoms with Crippen molar-refractivity contribution in [1.29, 1.82) is 0 Å². The fourth-order valence-corrected chi connectivity index (χ4v) is 4.61. The van der Waals surface area contributed by atoms with Gasteiger partial charge in [-0.05, 0) is 85.6 Å². The highest BCUT2D eigenvalue weighted by Crippen LogP contribution is 2.45. The average Bonchev–Trinajstić information content (AvgIpc) is 3.63. The maximum absolute atomic E-state index is 12.6. The van der Waals surface area contributed by atoms with E-state index in [0.29, 0.717) is 28.4 Å². The fourth-order valence-electron chi connectivity index (χ4n) is 4.61. The van der Waals surface area contributed by atoms with Gasteiger partial charge in [-0.15, -0.1) is 0 Å². The normalized spacial score (nSPS) is 19.7. The van der Waals surface area contributed by atoms with Crippen molar-refractivity contribution in [2.24, 2.45) is 0 Å². The van der Waals surface area contributed by atoms with E-state index in [-0.39, 0.29) is 24.4 Å². The summed E-state index contributed by atoms with van der Waals surface area (Å²) in [6.45, 7) is 5.24. The molecule has 1 saturated carbocycles. The molecule has 0 heterocycles. The van der Waals surface area contributed by atoms with Gasteiger partial charge < -0.3 is 14.9 Å². The minimum atomic E-state index is -1.50. The van der Waals surface area contributed by atoms with Crippen LogP contribution in [0.2, 0.25) is 0 Å². The van der Waals surface area contributed by atoms with Crippen LogP contribution in [0.1, 0.15) is 71.6 Å². The zero-order chi connectivity index (χ0) is 24.6. The van der Waals surface area contributed by atoms with E-state index in [1.165, 1.54) is 6.92 Å². The Bertz CT molecular complexity index is 1250. The van der Waals surface area contributed by atoms with E-state index >= 15 is 0 Å². The highest BCUT2D eigenvalue weighted by molar-refractivity contribution is 5.95. The lowest BCUT2D eigenvalue weighted by molar-refractivity contribution is -0.142. The number of aryl methyl sites for hydroxylation is 1. The quantitative estimate of drug-likeness (QED) is 0.516. The van der Waals surface area contributed by atoms with Crippen LogP contribution in [0.5, 0.6) is 5.75 Å². The molecule has 0 aromatic heterocycles. The lowest BCUT2D eigenvalue weighted by atomic mass is 9.69. The van der Waals surface area contributed by atoms with Gasteiger partial charge >= 0.3 is 11.9 Å². The summed E-state index contributed by atoms with van der Waals surface area (Å²) in [7, 11) is 0. The zero-order valence-electron chi connectivity index (χ0n) is 19.6. The molecule has 176 valence electrons. The Morgan fingerprint density at radius 3 is 2.44 bits per heavy atom. The number of aliphatic carboxylic acids is 2. The van der Waals surface area contributed by atoms with Crippen molar-refractivity contribution in [2.75, 3.05) is 0 Å². The van der Waals surface area contributed by atoms with Gasteiger partial charge in [-0.3, -0.25) is 9.59 Å². The number of ether oxygens (including phenoxy) is 1. The molecular formula is C28H28O6. The van der Waals surface area contributed by atoms with Crippen LogP contribution in [0.25, 0.3) is 0 Å². The third-order valence-electron chi connectivity index (χ3n) is 6.89. The van der Waals surface area contributed by atoms with Gasteiger partial charge in [0.05, 0.1) is 0 Å². The number of carbonyl (C=O) groups is 3. The van der Waals surface area contributed by atoms with E-state index in [1.54, 1.807) is 37.3 Å². The Hall–Kier alpha value is -3.67. The summed E-state index contributed by atoms with van der Waals surface area (Å²) in [6.07, 6.45) is 5.12. The molecule has 2 aromatic carbocycles. The Kier molecular flexibility index (Phi) is 6.17. The first-order valence-corrected chi connectivity index (χ1v) is 11.4. The van der Waals surface area contributed by atoms with Gasteiger partial charge in [-0.2, -0.15) is 0 Å². The SMILES string of the molecule is CC(=O)c1ccc(OCc2c(C)cccc2C2(C(=O)O)C=CC(C)=C(C(=O)O)C2)c(C2CC2)c1. The van der Waals surface area contributed by atoms with Crippen molar-refractivity contribution in [3.63, 3.8) is 0 Å². The van der Waals surface area contributed by atoms with Crippen LogP contribution in [0.15, 0.2) is 59.7 Å². The second kappa shape index (κ2) is 8.93. The Morgan fingerprint density at radius 2 is 1.82 bits per heavy atom. The number of Topliss-reactive ketones (excluding diaryl/α,β-unsaturated/α-hetero) is 1. The van der Waals surface area contributed by atoms with Gasteiger partial charge in [0.25, 0.3) is 0 Å². The van der Waals surface area contributed by atoms with Crippen LogP contribution in [0.4, 0.5) is 0 Å². The molecule has 1 unspecified atom stereocenters. The molecular weight excluding hydrogens is 432 g/mol. The van der Waals surface area contributed by atoms with Crippen molar-refractivity contribution in [1.82, 2.24) is 0 Å². The molecule has 1 atom stereocenters. The third-order valence-corrected chi connectivity index (χ3v) is 6.89. The van der Waals surface area contributed by atoms with E-state index in [0.717, 1.165) is 29.5 Å². The van der Waals surface area contributed by atoms with E-state index in [1.807, 2.05) is 25.1 Å². The number of carboxylic acids is 2. The second-order valence-electron chi connectivity index (χ2n) is 9.23. The molecule has 0 saturated heterocycles. The lowest BCUT2D eigenvalue weighted by Crippen LogP contribution is -2.38. The van der Waals surface area contributed by atoms with Crippen LogP contribution in [0, 0.1) is 6.92 Å². The molecule has 6 nitrogen and oxygen atoms in total. The molecule has 0 radical (unpaired) electrons. The van der Waals surface area contributed by atoms with Crippen molar-refractivity contribution < 1.29 is 29.3 Å². The van der Waals surface area contributed by atoms with Gasteiger partial charge in [0, 0.05) is 17.6 Å². The number of carbonyl (C=O) groups excluding carboxylic acids is 1. The van der Waals surface area contributed by atoms with E-state index in [4.69, 9.17) is 4.74 Å². The maximum atomic E-state index is 12.6. The summed E-state index contributed by atoms with van der Waals surface area (Å²) in [6, 6.07) is 10.9. The van der Waals surface area contributed by atoms with Crippen LogP contribution < -0.4 is 4.74 Å². The number of hydrogen-bond acceptors (Lipinski definition) is 4. The first-order valence-electron chi connectivity index (χ1n) is 11.4. The zero-order valence-corrected chi connectivity index (χ0v) is 19.6. The van der Waals surface area contributed by atoms with E-state index < -0.39 is 17.4 Å². The minimum absolute atomic E-state index is 0.000270.